The standard InChI is InChI=1S/C11H7F3N2O3/c12-11(13,14)6-2-1-3-7(4-6)18-10(17)8-5-16-19-9(8)15/h1-5H,15H2. The summed E-state index contributed by atoms with van der Waals surface area (Å²) in [5.41, 5.74) is 4.21. The summed E-state index contributed by atoms with van der Waals surface area (Å²) in [5, 5.41) is 3.26. The van der Waals surface area contributed by atoms with Crippen LogP contribution in [0.1, 0.15) is 15.9 Å². The average molecular weight is 272 g/mol. The van der Waals surface area contributed by atoms with E-state index >= 15 is 0 Å². The van der Waals surface area contributed by atoms with Gasteiger partial charge in [0.2, 0.25) is 5.88 Å². The molecule has 2 N–H and O–H groups in total. The second-order valence-corrected chi connectivity index (χ2v) is 3.52. The number of rotatable bonds is 2. The van der Waals surface area contributed by atoms with Gasteiger partial charge in [0.05, 0.1) is 11.8 Å². The molecule has 0 spiro atoms. The quantitative estimate of drug-likeness (QED) is 0.671. The zero-order chi connectivity index (χ0) is 14.0. The van der Waals surface area contributed by atoms with Gasteiger partial charge in [-0.1, -0.05) is 11.2 Å². The van der Waals surface area contributed by atoms with E-state index in [-0.39, 0.29) is 17.2 Å². The summed E-state index contributed by atoms with van der Waals surface area (Å²) >= 11 is 0. The van der Waals surface area contributed by atoms with Crippen molar-refractivity contribution >= 4 is 11.9 Å². The Bertz CT molecular complexity index is 607. The molecule has 0 aliphatic carbocycles. The predicted molar refractivity (Wildman–Crippen MR) is 57.3 cm³/mol. The van der Waals surface area contributed by atoms with Gasteiger partial charge in [-0.25, -0.2) is 4.79 Å². The number of halogens is 3. The first-order valence-corrected chi connectivity index (χ1v) is 4.97. The van der Waals surface area contributed by atoms with E-state index in [1.54, 1.807) is 0 Å². The number of nitrogens with two attached hydrogens (primary N) is 1. The molecule has 0 saturated carbocycles. The van der Waals surface area contributed by atoms with Crippen molar-refractivity contribution in [1.82, 2.24) is 5.16 Å². The molecule has 0 amide bonds. The molecule has 1 aromatic carbocycles. The lowest BCUT2D eigenvalue weighted by atomic mass is 10.2. The van der Waals surface area contributed by atoms with E-state index in [4.69, 9.17) is 10.5 Å². The molecule has 2 rings (SSSR count). The first-order chi connectivity index (χ1) is 8.88. The Morgan fingerprint density at radius 3 is 2.68 bits per heavy atom. The Morgan fingerprint density at radius 2 is 2.11 bits per heavy atom. The molecule has 8 heteroatoms. The number of carbonyl (C=O) groups excluding carboxylic acids is 1. The van der Waals surface area contributed by atoms with Gasteiger partial charge in [0.1, 0.15) is 11.3 Å². The fourth-order valence-electron chi connectivity index (χ4n) is 1.30. The van der Waals surface area contributed by atoms with E-state index in [1.807, 2.05) is 0 Å². The highest BCUT2D eigenvalue weighted by Gasteiger charge is 2.31. The second kappa shape index (κ2) is 4.63. The van der Waals surface area contributed by atoms with Crippen molar-refractivity contribution in [3.63, 3.8) is 0 Å². The molecule has 0 atom stereocenters. The summed E-state index contributed by atoms with van der Waals surface area (Å²) in [5.74, 6) is -1.46. The Morgan fingerprint density at radius 1 is 1.37 bits per heavy atom. The van der Waals surface area contributed by atoms with Gasteiger partial charge in [0, 0.05) is 0 Å². The topological polar surface area (TPSA) is 78.4 Å². The number of ether oxygens (including phenoxy) is 1. The van der Waals surface area contributed by atoms with Gasteiger partial charge in [-0.2, -0.15) is 13.2 Å². The lowest BCUT2D eigenvalue weighted by molar-refractivity contribution is -0.137. The zero-order valence-corrected chi connectivity index (χ0v) is 9.27. The number of hydrogen-bond donors (Lipinski definition) is 1. The zero-order valence-electron chi connectivity index (χ0n) is 9.27. The lowest BCUT2D eigenvalue weighted by Gasteiger charge is -2.08. The van der Waals surface area contributed by atoms with Crippen molar-refractivity contribution in [2.75, 3.05) is 5.73 Å². The normalized spacial score (nSPS) is 11.3. The van der Waals surface area contributed by atoms with Gasteiger partial charge >= 0.3 is 12.1 Å². The molecule has 100 valence electrons. The average Bonchev–Trinajstić information content (AvgIpc) is 2.75. The van der Waals surface area contributed by atoms with Crippen LogP contribution in [-0.4, -0.2) is 11.1 Å². The van der Waals surface area contributed by atoms with Crippen LogP contribution in [0.5, 0.6) is 5.75 Å². The number of benzene rings is 1. The van der Waals surface area contributed by atoms with Crippen LogP contribution < -0.4 is 10.5 Å². The number of hydrogen-bond acceptors (Lipinski definition) is 5. The highest BCUT2D eigenvalue weighted by Crippen LogP contribution is 2.31. The molecule has 0 saturated heterocycles. The summed E-state index contributed by atoms with van der Waals surface area (Å²) in [4.78, 5) is 11.6. The van der Waals surface area contributed by atoms with Crippen molar-refractivity contribution in [1.29, 1.82) is 0 Å². The highest BCUT2D eigenvalue weighted by molar-refractivity contribution is 5.94. The minimum Gasteiger partial charge on any atom is -0.423 e. The first-order valence-electron chi connectivity index (χ1n) is 4.97. The number of anilines is 1. The maximum atomic E-state index is 12.5. The predicted octanol–water partition coefficient (Wildman–Crippen LogP) is 2.49. The number of alkyl halides is 3. The van der Waals surface area contributed by atoms with Crippen LogP contribution in [0.2, 0.25) is 0 Å². The monoisotopic (exact) mass is 272 g/mol. The smallest absolute Gasteiger partial charge is 0.416 e. The van der Waals surface area contributed by atoms with Crippen molar-refractivity contribution in [2.24, 2.45) is 0 Å². The minimum absolute atomic E-state index is 0.155. The Labute approximate surface area is 104 Å². The molecular formula is C11H7F3N2O3. The third-order valence-corrected chi connectivity index (χ3v) is 2.19. The van der Waals surface area contributed by atoms with Crippen LogP contribution >= 0.6 is 0 Å². The van der Waals surface area contributed by atoms with E-state index in [0.29, 0.717) is 6.07 Å². The number of esters is 1. The Kier molecular flexibility index (Phi) is 3.16. The maximum absolute atomic E-state index is 12.5. The summed E-state index contributed by atoms with van der Waals surface area (Å²) in [6, 6.07) is 3.92. The minimum atomic E-state index is -4.52. The molecule has 0 unspecified atom stereocenters. The SMILES string of the molecule is Nc1oncc1C(=O)Oc1cccc(C(F)(F)F)c1. The Hall–Kier alpha value is -2.51. The second-order valence-electron chi connectivity index (χ2n) is 3.52. The maximum Gasteiger partial charge on any atom is 0.416 e. The summed E-state index contributed by atoms with van der Waals surface area (Å²) in [7, 11) is 0. The van der Waals surface area contributed by atoms with E-state index in [2.05, 4.69) is 9.68 Å². The summed E-state index contributed by atoms with van der Waals surface area (Å²) in [6.07, 6.45) is -3.50. The largest absolute Gasteiger partial charge is 0.423 e. The molecule has 0 radical (unpaired) electrons. The van der Waals surface area contributed by atoms with E-state index < -0.39 is 17.7 Å². The van der Waals surface area contributed by atoms with Gasteiger partial charge in [-0.3, -0.25) is 0 Å². The number of nitrogen functional groups attached to an aromatic ring is 1. The van der Waals surface area contributed by atoms with Crippen LogP contribution in [0, 0.1) is 0 Å². The molecule has 19 heavy (non-hydrogen) atoms. The lowest BCUT2D eigenvalue weighted by Crippen LogP contribution is -2.11. The van der Waals surface area contributed by atoms with Gasteiger partial charge in [0.25, 0.3) is 0 Å². The van der Waals surface area contributed by atoms with Crippen LogP contribution in [-0.2, 0) is 6.18 Å². The summed E-state index contributed by atoms with van der Waals surface area (Å²) in [6.45, 7) is 0. The van der Waals surface area contributed by atoms with Crippen molar-refractivity contribution in [3.05, 3.63) is 41.6 Å². The van der Waals surface area contributed by atoms with Crippen LogP contribution in [0.25, 0.3) is 0 Å². The third-order valence-electron chi connectivity index (χ3n) is 2.19. The number of nitrogens with zero attached hydrogens (tertiary/aromatic N) is 1. The summed E-state index contributed by atoms with van der Waals surface area (Å²) < 4.78 is 46.6. The Balaban J connectivity index is 2.21. The van der Waals surface area contributed by atoms with Gasteiger partial charge in [-0.15, -0.1) is 0 Å². The molecule has 0 aliphatic rings. The van der Waals surface area contributed by atoms with E-state index in [0.717, 1.165) is 18.3 Å². The molecule has 0 bridgehead atoms. The van der Waals surface area contributed by atoms with Gasteiger partial charge < -0.3 is 15.0 Å². The number of aromatic nitrogens is 1. The molecule has 5 nitrogen and oxygen atoms in total. The molecule has 0 aliphatic heterocycles. The first kappa shape index (κ1) is 12.9. The third kappa shape index (κ3) is 2.84. The van der Waals surface area contributed by atoms with Crippen molar-refractivity contribution in [3.8, 4) is 5.75 Å². The van der Waals surface area contributed by atoms with E-state index in [1.165, 1.54) is 6.07 Å². The fraction of sp³-hybridized carbons (Fsp3) is 0.0909. The van der Waals surface area contributed by atoms with E-state index in [9.17, 15) is 18.0 Å². The molecule has 1 aromatic heterocycles. The fourth-order valence-corrected chi connectivity index (χ4v) is 1.30. The molecule has 1 heterocycles. The molecular weight excluding hydrogens is 265 g/mol. The van der Waals surface area contributed by atoms with Crippen molar-refractivity contribution in [2.45, 2.75) is 6.18 Å². The molecule has 2 aromatic rings. The van der Waals surface area contributed by atoms with Crippen molar-refractivity contribution < 1.29 is 27.2 Å². The van der Waals surface area contributed by atoms with Crippen LogP contribution in [0.4, 0.5) is 19.1 Å². The van der Waals surface area contributed by atoms with Gasteiger partial charge in [0.15, 0.2) is 0 Å². The molecule has 0 fully saturated rings. The van der Waals surface area contributed by atoms with Crippen LogP contribution in [0.15, 0.2) is 35.0 Å². The highest BCUT2D eigenvalue weighted by atomic mass is 19.4. The van der Waals surface area contributed by atoms with Gasteiger partial charge in [-0.05, 0) is 18.2 Å². The van der Waals surface area contributed by atoms with Crippen LogP contribution in [0.3, 0.4) is 0 Å². The number of carbonyl (C=O) groups is 1.